The van der Waals surface area contributed by atoms with Crippen molar-refractivity contribution in [2.24, 2.45) is 0 Å². The minimum absolute atomic E-state index is 0.112. The molecule has 1 aromatic carbocycles. The molecule has 12 nitrogen and oxygen atoms in total. The van der Waals surface area contributed by atoms with Crippen LogP contribution in [0.5, 0.6) is 11.5 Å². The lowest BCUT2D eigenvalue weighted by molar-refractivity contribution is -0.241. The Labute approximate surface area is 189 Å². The number of benzene rings is 1. The SMILES string of the molecule is COc1ccc(OCc2cn([C@@H]3OC[C@@H](OC(C)=O)[C@H](OC(C)=O)[C@H]3OC(C)=O)nn2)cc1. The number of nitrogens with zero attached hydrogens (tertiary/aromatic N) is 3. The van der Waals surface area contributed by atoms with E-state index in [-0.39, 0.29) is 13.2 Å². The highest BCUT2D eigenvalue weighted by Crippen LogP contribution is 2.30. The Hall–Kier alpha value is -3.67. The van der Waals surface area contributed by atoms with Gasteiger partial charge in [-0.15, -0.1) is 5.10 Å². The lowest BCUT2D eigenvalue weighted by atomic mass is 10.0. The molecule has 1 saturated heterocycles. The van der Waals surface area contributed by atoms with Gasteiger partial charge in [-0.3, -0.25) is 14.4 Å². The van der Waals surface area contributed by atoms with Crippen LogP contribution in [-0.2, 0) is 39.9 Å². The van der Waals surface area contributed by atoms with Gasteiger partial charge in [0.25, 0.3) is 0 Å². The fourth-order valence-electron chi connectivity index (χ4n) is 3.28. The number of hydrogen-bond donors (Lipinski definition) is 0. The zero-order valence-electron chi connectivity index (χ0n) is 18.6. The second kappa shape index (κ2) is 10.8. The number of carbonyl (C=O) groups is 3. The topological polar surface area (TPSA) is 137 Å². The van der Waals surface area contributed by atoms with Crippen LogP contribution < -0.4 is 9.47 Å². The van der Waals surface area contributed by atoms with E-state index in [0.29, 0.717) is 17.2 Å². The molecule has 1 fully saturated rings. The van der Waals surface area contributed by atoms with Crippen LogP contribution in [0.4, 0.5) is 0 Å². The van der Waals surface area contributed by atoms with Crippen molar-refractivity contribution in [2.75, 3.05) is 13.7 Å². The molecule has 2 aromatic rings. The number of esters is 3. The van der Waals surface area contributed by atoms with E-state index in [9.17, 15) is 14.4 Å². The summed E-state index contributed by atoms with van der Waals surface area (Å²) in [4.78, 5) is 34.9. The molecule has 178 valence electrons. The van der Waals surface area contributed by atoms with Crippen molar-refractivity contribution < 1.29 is 42.8 Å². The van der Waals surface area contributed by atoms with Crippen molar-refractivity contribution in [3.8, 4) is 11.5 Å². The largest absolute Gasteiger partial charge is 0.497 e. The summed E-state index contributed by atoms with van der Waals surface area (Å²) in [7, 11) is 1.57. The van der Waals surface area contributed by atoms with Crippen LogP contribution in [0.2, 0.25) is 0 Å². The highest BCUT2D eigenvalue weighted by atomic mass is 16.6. The van der Waals surface area contributed by atoms with Crippen LogP contribution in [0.25, 0.3) is 0 Å². The quantitative estimate of drug-likeness (QED) is 0.412. The maximum Gasteiger partial charge on any atom is 0.303 e. The number of aromatic nitrogens is 3. The summed E-state index contributed by atoms with van der Waals surface area (Å²) in [6, 6.07) is 7.03. The third-order valence-electron chi connectivity index (χ3n) is 4.59. The summed E-state index contributed by atoms with van der Waals surface area (Å²) < 4.78 is 33.8. The van der Waals surface area contributed by atoms with E-state index in [1.807, 2.05) is 0 Å². The van der Waals surface area contributed by atoms with Gasteiger partial charge in [-0.25, -0.2) is 4.68 Å². The van der Waals surface area contributed by atoms with Gasteiger partial charge < -0.3 is 28.4 Å². The molecule has 1 aromatic heterocycles. The minimum Gasteiger partial charge on any atom is -0.497 e. The Kier molecular flexibility index (Phi) is 7.83. The van der Waals surface area contributed by atoms with Gasteiger partial charge in [0.1, 0.15) is 23.8 Å². The second-order valence-corrected chi connectivity index (χ2v) is 7.17. The first-order chi connectivity index (χ1) is 15.8. The molecule has 1 aliphatic rings. The number of rotatable bonds is 8. The van der Waals surface area contributed by atoms with E-state index in [1.54, 1.807) is 37.6 Å². The highest BCUT2D eigenvalue weighted by Gasteiger charge is 2.48. The fraction of sp³-hybridized carbons (Fsp3) is 0.476. The van der Waals surface area contributed by atoms with Crippen LogP contribution in [-0.4, -0.2) is 64.9 Å². The number of methoxy groups -OCH3 is 1. The van der Waals surface area contributed by atoms with Crippen molar-refractivity contribution in [1.82, 2.24) is 15.0 Å². The molecule has 4 atom stereocenters. The average molecular weight is 463 g/mol. The Bertz CT molecular complexity index is 976. The van der Waals surface area contributed by atoms with Gasteiger partial charge in [0.15, 0.2) is 24.5 Å². The Morgan fingerprint density at radius 3 is 2.18 bits per heavy atom. The number of ether oxygens (including phenoxy) is 6. The lowest BCUT2D eigenvalue weighted by Gasteiger charge is -2.40. The average Bonchev–Trinajstić information content (AvgIpc) is 3.23. The zero-order valence-corrected chi connectivity index (χ0v) is 18.6. The molecule has 0 unspecified atom stereocenters. The van der Waals surface area contributed by atoms with Gasteiger partial charge in [-0.05, 0) is 24.3 Å². The predicted molar refractivity (Wildman–Crippen MR) is 109 cm³/mol. The van der Waals surface area contributed by atoms with E-state index in [0.717, 1.165) is 0 Å². The molecule has 0 radical (unpaired) electrons. The Morgan fingerprint density at radius 1 is 0.970 bits per heavy atom. The highest BCUT2D eigenvalue weighted by molar-refractivity contribution is 5.68. The van der Waals surface area contributed by atoms with E-state index < -0.39 is 42.4 Å². The van der Waals surface area contributed by atoms with Crippen molar-refractivity contribution in [1.29, 1.82) is 0 Å². The molecule has 0 aliphatic carbocycles. The molecular weight excluding hydrogens is 438 g/mol. The first-order valence-electron chi connectivity index (χ1n) is 10.1. The number of carbonyl (C=O) groups excluding carboxylic acids is 3. The second-order valence-electron chi connectivity index (χ2n) is 7.17. The molecular formula is C21H25N3O9. The minimum atomic E-state index is -1.14. The van der Waals surface area contributed by atoms with E-state index >= 15 is 0 Å². The molecule has 2 heterocycles. The molecule has 1 aliphatic heterocycles. The van der Waals surface area contributed by atoms with Gasteiger partial charge in [0, 0.05) is 20.8 Å². The van der Waals surface area contributed by atoms with Crippen LogP contribution in [0.3, 0.4) is 0 Å². The summed E-state index contributed by atoms with van der Waals surface area (Å²) in [5.74, 6) is -0.566. The van der Waals surface area contributed by atoms with Crippen molar-refractivity contribution >= 4 is 17.9 Å². The molecule has 0 spiro atoms. The maximum absolute atomic E-state index is 11.8. The third-order valence-corrected chi connectivity index (χ3v) is 4.59. The van der Waals surface area contributed by atoms with E-state index in [4.69, 9.17) is 28.4 Å². The van der Waals surface area contributed by atoms with Crippen molar-refractivity contribution in [2.45, 2.75) is 51.9 Å². The molecule has 3 rings (SSSR count). The smallest absolute Gasteiger partial charge is 0.303 e. The first kappa shape index (κ1) is 24.0. The summed E-state index contributed by atoms with van der Waals surface area (Å²) >= 11 is 0. The molecule has 0 N–H and O–H groups in total. The maximum atomic E-state index is 11.8. The Balaban J connectivity index is 1.76. The molecule has 33 heavy (non-hydrogen) atoms. The predicted octanol–water partition coefficient (Wildman–Crippen LogP) is 1.19. The molecule has 0 saturated carbocycles. The van der Waals surface area contributed by atoms with Crippen LogP contribution >= 0.6 is 0 Å². The van der Waals surface area contributed by atoms with Gasteiger partial charge in [0.05, 0.1) is 19.9 Å². The lowest BCUT2D eigenvalue weighted by Crippen LogP contribution is -2.55. The fourth-order valence-corrected chi connectivity index (χ4v) is 3.28. The van der Waals surface area contributed by atoms with Gasteiger partial charge in [-0.1, -0.05) is 5.21 Å². The van der Waals surface area contributed by atoms with Crippen LogP contribution in [0.15, 0.2) is 30.5 Å². The normalized spacial score (nSPS) is 22.2. The van der Waals surface area contributed by atoms with Crippen LogP contribution in [0.1, 0.15) is 32.7 Å². The summed E-state index contributed by atoms with van der Waals surface area (Å²) in [5, 5.41) is 8.10. The number of hydrogen-bond acceptors (Lipinski definition) is 11. The monoisotopic (exact) mass is 463 g/mol. The van der Waals surface area contributed by atoms with Crippen molar-refractivity contribution in [3.63, 3.8) is 0 Å². The van der Waals surface area contributed by atoms with Crippen molar-refractivity contribution in [3.05, 3.63) is 36.2 Å². The van der Waals surface area contributed by atoms with E-state index in [1.165, 1.54) is 25.5 Å². The van der Waals surface area contributed by atoms with Gasteiger partial charge in [-0.2, -0.15) is 0 Å². The third kappa shape index (κ3) is 6.42. The van der Waals surface area contributed by atoms with Gasteiger partial charge >= 0.3 is 17.9 Å². The summed E-state index contributed by atoms with van der Waals surface area (Å²) in [6.07, 6.45) is -2.62. The standard InChI is InChI=1S/C21H25N3O9/c1-12(25)31-18-11-30-21(20(33-14(3)27)19(18)32-13(2)26)24-9-15(22-23-24)10-29-17-7-5-16(28-4)6-8-17/h5-9,18-21H,10-11H2,1-4H3/t18-,19+,20-,21-/m1/s1. The summed E-state index contributed by atoms with van der Waals surface area (Å²) in [5.41, 5.74) is 0.474. The van der Waals surface area contributed by atoms with E-state index in [2.05, 4.69) is 10.3 Å². The molecule has 0 amide bonds. The molecule has 0 bridgehead atoms. The Morgan fingerprint density at radius 2 is 1.58 bits per heavy atom. The first-order valence-corrected chi connectivity index (χ1v) is 10.1. The zero-order chi connectivity index (χ0) is 24.0. The molecule has 12 heteroatoms. The summed E-state index contributed by atoms with van der Waals surface area (Å²) in [6.45, 7) is 3.61. The van der Waals surface area contributed by atoms with Crippen LogP contribution in [0, 0.1) is 0 Å². The van der Waals surface area contributed by atoms with Gasteiger partial charge in [0.2, 0.25) is 0 Å².